The van der Waals surface area contributed by atoms with Crippen molar-refractivity contribution in [3.05, 3.63) is 40.8 Å². The zero-order chi connectivity index (χ0) is 15.1. The van der Waals surface area contributed by atoms with Gasteiger partial charge in [0.1, 0.15) is 6.04 Å². The summed E-state index contributed by atoms with van der Waals surface area (Å²) in [6.07, 6.45) is 0. The van der Waals surface area contributed by atoms with Crippen LogP contribution >= 0.6 is 11.3 Å². The summed E-state index contributed by atoms with van der Waals surface area (Å²) in [7, 11) is 0. The van der Waals surface area contributed by atoms with Gasteiger partial charge in [0, 0.05) is 0 Å². The normalized spacial score (nSPS) is 12.7. The smallest absolute Gasteiger partial charge is 0.326 e. The summed E-state index contributed by atoms with van der Waals surface area (Å²) in [6.45, 7) is 5.76. The molecule has 4 nitrogen and oxygen atoms in total. The van der Waals surface area contributed by atoms with Gasteiger partial charge in [-0.2, -0.15) is 0 Å². The Balaban J connectivity index is 2.36. The number of hydrogen-bond acceptors (Lipinski definition) is 3. The molecule has 2 heterocycles. The number of rotatable bonds is 3. The van der Waals surface area contributed by atoms with E-state index in [2.05, 4.69) is 4.98 Å². The molecule has 0 amide bonds. The predicted molar refractivity (Wildman–Crippen MR) is 84.9 cm³/mol. The van der Waals surface area contributed by atoms with Crippen LogP contribution in [0.5, 0.6) is 0 Å². The summed E-state index contributed by atoms with van der Waals surface area (Å²) < 4.78 is 1.82. The summed E-state index contributed by atoms with van der Waals surface area (Å²) in [5, 5.41) is 11.4. The molecular weight excluding hydrogens is 284 g/mol. The lowest BCUT2D eigenvalue weighted by atomic mass is 10.1. The highest BCUT2D eigenvalue weighted by atomic mass is 32.1. The van der Waals surface area contributed by atoms with Crippen molar-refractivity contribution >= 4 is 28.3 Å². The third kappa shape index (κ3) is 2.23. The van der Waals surface area contributed by atoms with Gasteiger partial charge in [0.25, 0.3) is 0 Å². The van der Waals surface area contributed by atoms with Gasteiger partial charge in [-0.25, -0.2) is 9.78 Å². The number of hydrogen-bond donors (Lipinski definition) is 1. The number of aromatic nitrogens is 2. The number of nitrogens with zero attached hydrogens (tertiary/aromatic N) is 2. The van der Waals surface area contributed by atoms with Gasteiger partial charge in [-0.05, 0) is 55.5 Å². The number of carboxylic acid groups (broad SMARTS) is 1. The molecule has 1 unspecified atom stereocenters. The first kappa shape index (κ1) is 13.8. The van der Waals surface area contributed by atoms with Crippen LogP contribution in [0.4, 0.5) is 0 Å². The van der Waals surface area contributed by atoms with Crippen molar-refractivity contribution in [2.24, 2.45) is 0 Å². The Bertz CT molecular complexity index is 819. The summed E-state index contributed by atoms with van der Waals surface area (Å²) in [4.78, 5) is 17.1. The van der Waals surface area contributed by atoms with Crippen LogP contribution in [0.25, 0.3) is 21.7 Å². The number of imidazole rings is 1. The summed E-state index contributed by atoms with van der Waals surface area (Å²) >= 11 is 1.57. The highest BCUT2D eigenvalue weighted by Gasteiger charge is 2.22. The van der Waals surface area contributed by atoms with Crippen molar-refractivity contribution in [2.75, 3.05) is 0 Å². The van der Waals surface area contributed by atoms with Gasteiger partial charge >= 0.3 is 5.97 Å². The highest BCUT2D eigenvalue weighted by molar-refractivity contribution is 7.13. The molecular formula is C16H16N2O2S. The van der Waals surface area contributed by atoms with E-state index in [0.717, 1.165) is 32.9 Å². The standard InChI is InChI=1S/C16H16N2O2S/c1-9-7-12-13(8-10(9)2)18(11(3)16(19)20)15(17-12)14-5-4-6-21-14/h4-8,11H,1-3H3,(H,19,20). The SMILES string of the molecule is Cc1cc2nc(-c3cccs3)n(C(C)C(=O)O)c2cc1C. The van der Waals surface area contributed by atoms with Gasteiger partial charge < -0.3 is 9.67 Å². The molecule has 3 aromatic rings. The zero-order valence-electron chi connectivity index (χ0n) is 12.1. The van der Waals surface area contributed by atoms with E-state index in [0.29, 0.717) is 0 Å². The minimum Gasteiger partial charge on any atom is -0.480 e. The van der Waals surface area contributed by atoms with Crippen LogP contribution in [0.15, 0.2) is 29.6 Å². The fraction of sp³-hybridized carbons (Fsp3) is 0.250. The number of fused-ring (bicyclic) bond motifs is 1. The van der Waals surface area contributed by atoms with E-state index in [1.807, 2.05) is 48.1 Å². The maximum absolute atomic E-state index is 11.5. The van der Waals surface area contributed by atoms with E-state index in [1.165, 1.54) is 0 Å². The molecule has 1 aromatic carbocycles. The van der Waals surface area contributed by atoms with E-state index in [9.17, 15) is 9.90 Å². The van der Waals surface area contributed by atoms with Crippen LogP contribution in [-0.4, -0.2) is 20.6 Å². The monoisotopic (exact) mass is 300 g/mol. The van der Waals surface area contributed by atoms with E-state index >= 15 is 0 Å². The molecule has 1 atom stereocenters. The Morgan fingerprint density at radius 3 is 2.67 bits per heavy atom. The van der Waals surface area contributed by atoms with Gasteiger partial charge in [0.15, 0.2) is 5.82 Å². The quantitative estimate of drug-likeness (QED) is 0.794. The second-order valence-electron chi connectivity index (χ2n) is 5.22. The lowest BCUT2D eigenvalue weighted by Crippen LogP contribution is -2.16. The van der Waals surface area contributed by atoms with Crippen molar-refractivity contribution in [3.63, 3.8) is 0 Å². The molecule has 0 bridgehead atoms. The first-order chi connectivity index (χ1) is 9.99. The van der Waals surface area contributed by atoms with Crippen LogP contribution in [-0.2, 0) is 4.79 Å². The maximum Gasteiger partial charge on any atom is 0.326 e. The van der Waals surface area contributed by atoms with Crippen LogP contribution < -0.4 is 0 Å². The van der Waals surface area contributed by atoms with E-state index in [-0.39, 0.29) is 0 Å². The molecule has 0 spiro atoms. The number of carboxylic acids is 1. The van der Waals surface area contributed by atoms with E-state index < -0.39 is 12.0 Å². The Labute approximate surface area is 126 Å². The third-order valence-electron chi connectivity index (χ3n) is 3.79. The molecule has 0 saturated heterocycles. The topological polar surface area (TPSA) is 55.1 Å². The minimum absolute atomic E-state index is 0.658. The van der Waals surface area contributed by atoms with Crippen LogP contribution in [0, 0.1) is 13.8 Å². The predicted octanol–water partition coefficient (Wildman–Crippen LogP) is 4.03. The fourth-order valence-corrected chi connectivity index (χ4v) is 3.14. The first-order valence-electron chi connectivity index (χ1n) is 6.75. The largest absolute Gasteiger partial charge is 0.480 e. The highest BCUT2D eigenvalue weighted by Crippen LogP contribution is 2.32. The molecule has 0 aliphatic heterocycles. The van der Waals surface area contributed by atoms with Gasteiger partial charge in [0.2, 0.25) is 0 Å². The van der Waals surface area contributed by atoms with Gasteiger partial charge in [-0.3, -0.25) is 0 Å². The Morgan fingerprint density at radius 2 is 2.05 bits per heavy atom. The lowest BCUT2D eigenvalue weighted by Gasteiger charge is -2.13. The second-order valence-corrected chi connectivity index (χ2v) is 6.17. The lowest BCUT2D eigenvalue weighted by molar-refractivity contribution is -0.140. The summed E-state index contributed by atoms with van der Waals surface area (Å²) in [5.74, 6) is -0.134. The third-order valence-corrected chi connectivity index (χ3v) is 4.66. The average molecular weight is 300 g/mol. The second kappa shape index (κ2) is 5.00. The molecule has 0 aliphatic carbocycles. The zero-order valence-corrected chi connectivity index (χ0v) is 12.9. The molecule has 0 fully saturated rings. The summed E-state index contributed by atoms with van der Waals surface area (Å²) in [6, 6.07) is 7.30. The number of benzene rings is 1. The number of aliphatic carboxylic acids is 1. The Kier molecular flexibility index (Phi) is 3.29. The number of thiophene rings is 1. The van der Waals surface area contributed by atoms with Gasteiger partial charge in [-0.1, -0.05) is 6.07 Å². The minimum atomic E-state index is -0.856. The molecule has 1 N–H and O–H groups in total. The van der Waals surface area contributed by atoms with Crippen molar-refractivity contribution in [1.82, 2.24) is 9.55 Å². The van der Waals surface area contributed by atoms with Crippen LogP contribution in [0.1, 0.15) is 24.1 Å². The van der Waals surface area contributed by atoms with Crippen molar-refractivity contribution in [1.29, 1.82) is 0 Å². The van der Waals surface area contributed by atoms with Gasteiger partial charge in [-0.15, -0.1) is 11.3 Å². The molecule has 5 heteroatoms. The molecule has 0 saturated carbocycles. The van der Waals surface area contributed by atoms with Crippen LogP contribution in [0.3, 0.4) is 0 Å². The van der Waals surface area contributed by atoms with Crippen molar-refractivity contribution in [2.45, 2.75) is 26.8 Å². The molecule has 0 aliphatic rings. The molecule has 2 aromatic heterocycles. The Morgan fingerprint density at radius 1 is 1.33 bits per heavy atom. The molecule has 108 valence electrons. The molecule has 0 radical (unpaired) electrons. The number of aryl methyl sites for hydroxylation is 2. The fourth-order valence-electron chi connectivity index (χ4n) is 2.43. The molecule has 21 heavy (non-hydrogen) atoms. The van der Waals surface area contributed by atoms with Crippen molar-refractivity contribution < 1.29 is 9.90 Å². The van der Waals surface area contributed by atoms with Crippen molar-refractivity contribution in [3.8, 4) is 10.7 Å². The number of carbonyl (C=O) groups is 1. The van der Waals surface area contributed by atoms with Gasteiger partial charge in [0.05, 0.1) is 15.9 Å². The first-order valence-corrected chi connectivity index (χ1v) is 7.63. The van der Waals surface area contributed by atoms with Crippen LogP contribution in [0.2, 0.25) is 0 Å². The molecule has 3 rings (SSSR count). The average Bonchev–Trinajstić information content (AvgIpc) is 3.05. The van der Waals surface area contributed by atoms with E-state index in [1.54, 1.807) is 18.3 Å². The Hall–Kier alpha value is -2.14. The van der Waals surface area contributed by atoms with E-state index in [4.69, 9.17) is 0 Å². The maximum atomic E-state index is 11.5. The summed E-state index contributed by atoms with van der Waals surface area (Å²) in [5.41, 5.74) is 4.01.